The predicted octanol–water partition coefficient (Wildman–Crippen LogP) is 8.74. The summed E-state index contributed by atoms with van der Waals surface area (Å²) < 4.78 is 0. The van der Waals surface area contributed by atoms with Gasteiger partial charge in [-0.1, -0.05) is 90.9 Å². The van der Waals surface area contributed by atoms with Crippen molar-refractivity contribution in [2.24, 2.45) is 0 Å². The van der Waals surface area contributed by atoms with Crippen molar-refractivity contribution in [3.63, 3.8) is 0 Å². The molecule has 0 saturated heterocycles. The highest BCUT2D eigenvalue weighted by Gasteiger charge is 2.23. The second-order valence-corrected chi connectivity index (χ2v) is 9.79. The Kier molecular flexibility index (Phi) is 12.3. The summed E-state index contributed by atoms with van der Waals surface area (Å²) in [6, 6.07) is 8.35. The molecule has 30 heavy (non-hydrogen) atoms. The van der Waals surface area contributed by atoms with Crippen LogP contribution in [0.15, 0.2) is 18.2 Å². The molecule has 0 saturated carbocycles. The maximum absolute atomic E-state index is 3.76. The summed E-state index contributed by atoms with van der Waals surface area (Å²) in [5.41, 5.74) is 4.35. The minimum absolute atomic E-state index is 0.568. The molecule has 0 spiro atoms. The lowest BCUT2D eigenvalue weighted by atomic mass is 10.0. The Hall–Kier alpha value is -1.18. The molecule has 0 fully saturated rings. The molecule has 172 valence electrons. The number of anilines is 2. The molecule has 0 aromatic heterocycles. The first-order chi connectivity index (χ1) is 14.7. The van der Waals surface area contributed by atoms with Crippen molar-refractivity contribution in [2.45, 2.75) is 136 Å². The molecule has 0 unspecified atom stereocenters. The Bertz CT molecular complexity index is 568. The van der Waals surface area contributed by atoms with E-state index in [2.05, 4.69) is 56.1 Å². The van der Waals surface area contributed by atoms with Crippen LogP contribution in [0.25, 0.3) is 0 Å². The molecule has 1 N–H and O–H groups in total. The average Bonchev–Trinajstić information content (AvgIpc) is 3.16. The molecule has 1 heterocycles. The Morgan fingerprint density at radius 2 is 1.40 bits per heavy atom. The lowest BCUT2D eigenvalue weighted by Gasteiger charge is -2.27. The third kappa shape index (κ3) is 8.90. The number of rotatable bonds is 17. The maximum atomic E-state index is 3.76. The highest BCUT2D eigenvalue weighted by molar-refractivity contribution is 5.64. The number of hydrogen-bond donors (Lipinski definition) is 1. The number of nitrogens with zero attached hydrogens (tertiary/aromatic N) is 1. The predicted molar refractivity (Wildman–Crippen MR) is 136 cm³/mol. The number of unbranched alkanes of at least 4 members (excludes halogenated alkanes) is 10. The van der Waals surface area contributed by atoms with Gasteiger partial charge in [-0.2, -0.15) is 0 Å². The average molecular weight is 415 g/mol. The third-order valence-electron chi connectivity index (χ3n) is 6.92. The Labute approximate surface area is 188 Å². The van der Waals surface area contributed by atoms with Gasteiger partial charge in [0, 0.05) is 30.0 Å². The minimum atomic E-state index is 0.568. The molecular weight excluding hydrogens is 364 g/mol. The third-order valence-corrected chi connectivity index (χ3v) is 6.92. The van der Waals surface area contributed by atoms with Gasteiger partial charge in [0.2, 0.25) is 0 Å². The van der Waals surface area contributed by atoms with Gasteiger partial charge in [0.05, 0.1) is 0 Å². The molecule has 0 radical (unpaired) electrons. The van der Waals surface area contributed by atoms with Crippen LogP contribution in [0.3, 0.4) is 0 Å². The van der Waals surface area contributed by atoms with E-state index >= 15 is 0 Å². The first-order valence-corrected chi connectivity index (χ1v) is 13.3. The van der Waals surface area contributed by atoms with Crippen molar-refractivity contribution in [2.75, 3.05) is 16.8 Å². The lowest BCUT2D eigenvalue weighted by Crippen LogP contribution is -2.31. The quantitative estimate of drug-likeness (QED) is 0.256. The molecule has 2 nitrogen and oxygen atoms in total. The monoisotopic (exact) mass is 414 g/mol. The zero-order chi connectivity index (χ0) is 21.6. The normalized spacial score (nSPS) is 15.3. The fourth-order valence-corrected chi connectivity index (χ4v) is 4.94. The van der Waals surface area contributed by atoms with E-state index in [9.17, 15) is 0 Å². The summed E-state index contributed by atoms with van der Waals surface area (Å²) >= 11 is 0. The van der Waals surface area contributed by atoms with Gasteiger partial charge in [-0.3, -0.25) is 0 Å². The summed E-state index contributed by atoms with van der Waals surface area (Å²) in [6.45, 7) is 10.6. The number of benzene rings is 1. The molecule has 0 aliphatic carbocycles. The van der Waals surface area contributed by atoms with E-state index in [-0.39, 0.29) is 0 Å². The zero-order valence-corrected chi connectivity index (χ0v) is 20.6. The van der Waals surface area contributed by atoms with Gasteiger partial charge in [0.1, 0.15) is 0 Å². The van der Waals surface area contributed by atoms with Crippen LogP contribution >= 0.6 is 0 Å². The molecule has 0 bridgehead atoms. The number of fused-ring (bicyclic) bond motifs is 1. The van der Waals surface area contributed by atoms with E-state index in [1.165, 1.54) is 114 Å². The summed E-state index contributed by atoms with van der Waals surface area (Å²) in [5.74, 6) is 0. The lowest BCUT2D eigenvalue weighted by molar-refractivity contribution is 0.532. The fourth-order valence-electron chi connectivity index (χ4n) is 4.94. The summed E-state index contributed by atoms with van der Waals surface area (Å²) in [4.78, 5) is 2.66. The van der Waals surface area contributed by atoms with Crippen LogP contribution in [0.1, 0.15) is 123 Å². The van der Waals surface area contributed by atoms with Gasteiger partial charge in [-0.25, -0.2) is 0 Å². The summed E-state index contributed by atoms with van der Waals surface area (Å²) in [5, 5.41) is 3.76. The van der Waals surface area contributed by atoms with Gasteiger partial charge >= 0.3 is 0 Å². The maximum Gasteiger partial charge on any atom is 0.0403 e. The van der Waals surface area contributed by atoms with Crippen molar-refractivity contribution < 1.29 is 0 Å². The highest BCUT2D eigenvalue weighted by atomic mass is 15.2. The van der Waals surface area contributed by atoms with Gasteiger partial charge in [-0.15, -0.1) is 0 Å². The number of nitrogens with one attached hydrogen (secondary N) is 1. The SMILES string of the molecule is CCCCCCCC[C@@H](C)Nc1ccc2c(c1)CCN2[C@H](C)CCCCCCCC. The first kappa shape index (κ1) is 25.1. The Morgan fingerprint density at radius 3 is 2.07 bits per heavy atom. The first-order valence-electron chi connectivity index (χ1n) is 13.3. The second-order valence-electron chi connectivity index (χ2n) is 9.79. The molecule has 1 aromatic carbocycles. The molecule has 2 rings (SSSR count). The van der Waals surface area contributed by atoms with Crippen LogP contribution in [0.2, 0.25) is 0 Å². The highest BCUT2D eigenvalue weighted by Crippen LogP contribution is 2.33. The van der Waals surface area contributed by atoms with Crippen molar-refractivity contribution in [1.82, 2.24) is 0 Å². The van der Waals surface area contributed by atoms with Crippen LogP contribution in [-0.2, 0) is 6.42 Å². The van der Waals surface area contributed by atoms with Gasteiger partial charge in [0.15, 0.2) is 0 Å². The van der Waals surface area contributed by atoms with Gasteiger partial charge < -0.3 is 10.2 Å². The van der Waals surface area contributed by atoms with Crippen LogP contribution in [0, 0.1) is 0 Å². The van der Waals surface area contributed by atoms with E-state index < -0.39 is 0 Å². The van der Waals surface area contributed by atoms with Crippen LogP contribution < -0.4 is 10.2 Å². The molecule has 2 atom stereocenters. The van der Waals surface area contributed by atoms with Crippen molar-refractivity contribution in [1.29, 1.82) is 0 Å². The molecular formula is C28H50N2. The molecule has 0 amide bonds. The van der Waals surface area contributed by atoms with E-state index in [0.29, 0.717) is 12.1 Å². The minimum Gasteiger partial charge on any atom is -0.383 e. The van der Waals surface area contributed by atoms with Gasteiger partial charge in [-0.05, 0) is 56.9 Å². The topological polar surface area (TPSA) is 15.3 Å². The van der Waals surface area contributed by atoms with Crippen molar-refractivity contribution in [3.05, 3.63) is 23.8 Å². The Morgan fingerprint density at radius 1 is 0.800 bits per heavy atom. The summed E-state index contributed by atoms with van der Waals surface area (Å²) in [6.07, 6.45) is 20.5. The molecule has 1 aliphatic heterocycles. The molecule has 2 heteroatoms. The van der Waals surface area contributed by atoms with E-state index in [4.69, 9.17) is 0 Å². The molecule has 1 aromatic rings. The standard InChI is InChI=1S/C28H50N2/c1-5-7-9-11-13-15-17-24(3)29-27-19-20-28-26(23-27)21-22-30(28)25(4)18-16-14-12-10-8-6-2/h19-20,23-25,29H,5-18,21-22H2,1-4H3/t24-,25-/m1/s1. The smallest absolute Gasteiger partial charge is 0.0403 e. The van der Waals surface area contributed by atoms with E-state index in [1.54, 1.807) is 5.56 Å². The zero-order valence-electron chi connectivity index (χ0n) is 20.6. The van der Waals surface area contributed by atoms with Crippen LogP contribution in [0.5, 0.6) is 0 Å². The fraction of sp³-hybridized carbons (Fsp3) is 0.786. The van der Waals surface area contributed by atoms with Crippen LogP contribution in [-0.4, -0.2) is 18.6 Å². The second kappa shape index (κ2) is 14.8. The van der Waals surface area contributed by atoms with E-state index in [1.807, 2.05) is 0 Å². The van der Waals surface area contributed by atoms with Crippen molar-refractivity contribution >= 4 is 11.4 Å². The van der Waals surface area contributed by atoms with Crippen molar-refractivity contribution in [3.8, 4) is 0 Å². The largest absolute Gasteiger partial charge is 0.383 e. The molecule has 1 aliphatic rings. The number of hydrogen-bond acceptors (Lipinski definition) is 2. The summed E-state index contributed by atoms with van der Waals surface area (Å²) in [7, 11) is 0. The van der Waals surface area contributed by atoms with Crippen LogP contribution in [0.4, 0.5) is 11.4 Å². The van der Waals surface area contributed by atoms with Gasteiger partial charge in [0.25, 0.3) is 0 Å². The van der Waals surface area contributed by atoms with E-state index in [0.717, 1.165) is 0 Å². The Balaban J connectivity index is 1.71.